The summed E-state index contributed by atoms with van der Waals surface area (Å²) in [6.45, 7) is 10.4. The highest BCUT2D eigenvalue weighted by Gasteiger charge is 2.62. The van der Waals surface area contributed by atoms with E-state index in [0.29, 0.717) is 16.9 Å². The van der Waals surface area contributed by atoms with E-state index in [9.17, 15) is 0 Å². The lowest BCUT2D eigenvalue weighted by Crippen LogP contribution is -2.38. The third kappa shape index (κ3) is 2.31. The summed E-state index contributed by atoms with van der Waals surface area (Å²) in [4.78, 5) is 4.35. The van der Waals surface area contributed by atoms with E-state index in [-0.39, 0.29) is 0 Å². The maximum Gasteiger partial charge on any atom is 0.129 e. The highest BCUT2D eigenvalue weighted by atomic mass is 16.5. The van der Waals surface area contributed by atoms with Crippen molar-refractivity contribution < 1.29 is 4.74 Å². The molecule has 3 atom stereocenters. The smallest absolute Gasteiger partial charge is 0.129 e. The van der Waals surface area contributed by atoms with Gasteiger partial charge in [-0.3, -0.25) is 0 Å². The van der Waals surface area contributed by atoms with Crippen LogP contribution in [0.25, 0.3) is 0 Å². The van der Waals surface area contributed by atoms with Crippen LogP contribution in [-0.4, -0.2) is 17.6 Å². The quantitative estimate of drug-likeness (QED) is 0.866. The number of nitrogens with zero attached hydrogens (tertiary/aromatic N) is 1. The second-order valence-corrected chi connectivity index (χ2v) is 7.52. The Labute approximate surface area is 128 Å². The molecule has 1 heterocycles. The minimum Gasteiger partial charge on any atom is -0.490 e. The lowest BCUT2D eigenvalue weighted by Gasteiger charge is -2.38. The molecule has 116 valence electrons. The van der Waals surface area contributed by atoms with Gasteiger partial charge in [-0.2, -0.15) is 0 Å². The SMILES string of the molecule is CCCNc1cc(OC2CC3CCC2(C)C3(C)C)ccn1. The van der Waals surface area contributed by atoms with Gasteiger partial charge < -0.3 is 10.1 Å². The van der Waals surface area contributed by atoms with Crippen LogP contribution < -0.4 is 10.1 Å². The maximum atomic E-state index is 6.39. The molecule has 2 saturated carbocycles. The lowest BCUT2D eigenvalue weighted by atomic mass is 9.70. The molecule has 0 saturated heterocycles. The third-order valence-electron chi connectivity index (χ3n) is 6.28. The number of ether oxygens (including phenoxy) is 1. The van der Waals surface area contributed by atoms with E-state index in [4.69, 9.17) is 4.74 Å². The molecule has 3 unspecified atom stereocenters. The number of pyridine rings is 1. The van der Waals surface area contributed by atoms with Crippen molar-refractivity contribution in [1.29, 1.82) is 0 Å². The molecular formula is C18H28N2O. The van der Waals surface area contributed by atoms with Crippen LogP contribution in [-0.2, 0) is 0 Å². The normalized spacial score (nSPS) is 33.1. The van der Waals surface area contributed by atoms with E-state index < -0.39 is 0 Å². The van der Waals surface area contributed by atoms with E-state index in [1.54, 1.807) is 0 Å². The fourth-order valence-corrected chi connectivity index (χ4v) is 4.31. The van der Waals surface area contributed by atoms with Crippen LogP contribution in [0.15, 0.2) is 18.3 Å². The number of fused-ring (bicyclic) bond motifs is 2. The van der Waals surface area contributed by atoms with Crippen molar-refractivity contribution in [3.63, 3.8) is 0 Å². The average Bonchev–Trinajstić information content (AvgIpc) is 2.79. The number of aromatic nitrogens is 1. The van der Waals surface area contributed by atoms with Gasteiger partial charge in [0.15, 0.2) is 0 Å². The van der Waals surface area contributed by atoms with Crippen molar-refractivity contribution in [2.24, 2.45) is 16.7 Å². The Morgan fingerprint density at radius 1 is 1.38 bits per heavy atom. The summed E-state index contributed by atoms with van der Waals surface area (Å²) in [6, 6.07) is 4.03. The second kappa shape index (κ2) is 5.19. The fourth-order valence-electron chi connectivity index (χ4n) is 4.31. The van der Waals surface area contributed by atoms with Gasteiger partial charge in [0.2, 0.25) is 0 Å². The molecule has 0 spiro atoms. The molecule has 2 aliphatic rings. The van der Waals surface area contributed by atoms with Crippen LogP contribution in [0.3, 0.4) is 0 Å². The van der Waals surface area contributed by atoms with Crippen LogP contribution in [0.5, 0.6) is 5.75 Å². The molecule has 21 heavy (non-hydrogen) atoms. The maximum absolute atomic E-state index is 6.39. The van der Waals surface area contributed by atoms with Crippen molar-refractivity contribution in [3.8, 4) is 5.75 Å². The van der Waals surface area contributed by atoms with Gasteiger partial charge >= 0.3 is 0 Å². The van der Waals surface area contributed by atoms with Crippen LogP contribution in [0, 0.1) is 16.7 Å². The Bertz CT molecular complexity index is 514. The molecule has 2 bridgehead atoms. The molecule has 3 nitrogen and oxygen atoms in total. The number of anilines is 1. The standard InChI is InChI=1S/C18H28N2O/c1-5-9-19-16-12-14(7-10-20-16)21-15-11-13-6-8-18(15,4)17(13,2)3/h7,10,12-13,15H,5-6,8-9,11H2,1-4H3,(H,19,20). The fraction of sp³-hybridized carbons (Fsp3) is 0.722. The summed E-state index contributed by atoms with van der Waals surface area (Å²) in [7, 11) is 0. The van der Waals surface area contributed by atoms with Crippen molar-refractivity contribution >= 4 is 5.82 Å². The average molecular weight is 288 g/mol. The minimum atomic E-state index is 0.304. The Kier molecular flexibility index (Phi) is 3.62. The summed E-state index contributed by atoms with van der Waals surface area (Å²) >= 11 is 0. The largest absolute Gasteiger partial charge is 0.490 e. The topological polar surface area (TPSA) is 34.1 Å². The zero-order valence-electron chi connectivity index (χ0n) is 13.8. The van der Waals surface area contributed by atoms with E-state index in [1.807, 2.05) is 18.3 Å². The number of nitrogens with one attached hydrogen (secondary N) is 1. The van der Waals surface area contributed by atoms with Crippen LogP contribution >= 0.6 is 0 Å². The van der Waals surface area contributed by atoms with Crippen LogP contribution in [0.4, 0.5) is 5.82 Å². The van der Waals surface area contributed by atoms with E-state index in [2.05, 4.69) is 38.0 Å². The van der Waals surface area contributed by atoms with Gasteiger partial charge in [0.1, 0.15) is 17.7 Å². The molecule has 1 N–H and O–H groups in total. The Morgan fingerprint density at radius 2 is 2.19 bits per heavy atom. The minimum absolute atomic E-state index is 0.304. The molecule has 0 aromatic carbocycles. The summed E-state index contributed by atoms with van der Waals surface area (Å²) < 4.78 is 6.39. The predicted molar refractivity (Wildman–Crippen MR) is 86.7 cm³/mol. The van der Waals surface area contributed by atoms with Gasteiger partial charge in [0.25, 0.3) is 0 Å². The molecule has 1 aromatic rings. The first-order chi connectivity index (χ1) is 9.97. The molecule has 2 aliphatic carbocycles. The van der Waals surface area contributed by atoms with Crippen molar-refractivity contribution in [1.82, 2.24) is 4.98 Å². The number of rotatable bonds is 5. The Hall–Kier alpha value is -1.25. The van der Waals surface area contributed by atoms with Gasteiger partial charge in [0, 0.05) is 24.2 Å². The highest BCUT2D eigenvalue weighted by molar-refractivity contribution is 5.40. The van der Waals surface area contributed by atoms with Gasteiger partial charge in [0.05, 0.1) is 0 Å². The van der Waals surface area contributed by atoms with E-state index >= 15 is 0 Å². The summed E-state index contributed by atoms with van der Waals surface area (Å²) in [5.74, 6) is 2.69. The zero-order valence-corrected chi connectivity index (χ0v) is 13.8. The van der Waals surface area contributed by atoms with Crippen molar-refractivity contribution in [2.75, 3.05) is 11.9 Å². The van der Waals surface area contributed by atoms with E-state index in [0.717, 1.165) is 30.5 Å². The summed E-state index contributed by atoms with van der Waals surface area (Å²) in [5, 5.41) is 3.33. The third-order valence-corrected chi connectivity index (χ3v) is 6.28. The van der Waals surface area contributed by atoms with Gasteiger partial charge in [-0.15, -0.1) is 0 Å². The van der Waals surface area contributed by atoms with Crippen molar-refractivity contribution in [2.45, 2.75) is 59.5 Å². The molecule has 0 amide bonds. The van der Waals surface area contributed by atoms with Gasteiger partial charge in [-0.1, -0.05) is 27.7 Å². The molecule has 3 rings (SSSR count). The van der Waals surface area contributed by atoms with E-state index in [1.165, 1.54) is 19.3 Å². The zero-order chi connectivity index (χ0) is 15.1. The molecule has 1 aromatic heterocycles. The molecular weight excluding hydrogens is 260 g/mol. The Balaban J connectivity index is 1.73. The molecule has 3 heteroatoms. The predicted octanol–water partition coefficient (Wildman–Crippen LogP) is 4.50. The molecule has 0 aliphatic heterocycles. The van der Waals surface area contributed by atoms with Gasteiger partial charge in [-0.25, -0.2) is 4.98 Å². The molecule has 2 fully saturated rings. The first kappa shape index (κ1) is 14.7. The first-order valence-corrected chi connectivity index (χ1v) is 8.34. The van der Waals surface area contributed by atoms with Crippen LogP contribution in [0.1, 0.15) is 53.4 Å². The molecule has 0 radical (unpaired) electrons. The second-order valence-electron chi connectivity index (χ2n) is 7.52. The van der Waals surface area contributed by atoms with Crippen molar-refractivity contribution in [3.05, 3.63) is 18.3 Å². The Morgan fingerprint density at radius 3 is 2.81 bits per heavy atom. The monoisotopic (exact) mass is 288 g/mol. The highest BCUT2D eigenvalue weighted by Crippen LogP contribution is 2.66. The number of hydrogen-bond donors (Lipinski definition) is 1. The van der Waals surface area contributed by atoms with Gasteiger partial charge in [-0.05, 0) is 43.1 Å². The lowest BCUT2D eigenvalue weighted by molar-refractivity contribution is 0.0302. The summed E-state index contributed by atoms with van der Waals surface area (Å²) in [6.07, 6.45) is 7.14. The number of hydrogen-bond acceptors (Lipinski definition) is 3. The van der Waals surface area contributed by atoms with Crippen LogP contribution in [0.2, 0.25) is 0 Å². The first-order valence-electron chi connectivity index (χ1n) is 8.34. The summed E-state index contributed by atoms with van der Waals surface area (Å²) in [5.41, 5.74) is 0.700.